The minimum atomic E-state index is -0.141. The van der Waals surface area contributed by atoms with Gasteiger partial charge in [0.05, 0.1) is 16.9 Å². The molecule has 4 rings (SSSR count). The molecule has 0 saturated heterocycles. The lowest BCUT2D eigenvalue weighted by molar-refractivity contribution is 0.882. The van der Waals surface area contributed by atoms with Gasteiger partial charge in [-0.15, -0.1) is 0 Å². The van der Waals surface area contributed by atoms with Crippen LogP contribution in [0.2, 0.25) is 0 Å². The average Bonchev–Trinajstić information content (AvgIpc) is 2.88. The zero-order valence-corrected chi connectivity index (χ0v) is 11.4. The van der Waals surface area contributed by atoms with Crippen LogP contribution in [-0.4, -0.2) is 19.6 Å². The van der Waals surface area contributed by atoms with Gasteiger partial charge in [0.2, 0.25) is 0 Å². The molecule has 1 aromatic carbocycles. The Hall–Kier alpha value is -2.95. The maximum Gasteiger partial charge on any atom is 0.273 e. The Kier molecular flexibility index (Phi) is 2.41. The number of pyridine rings is 1. The number of para-hydroxylation sites is 1. The van der Waals surface area contributed by atoms with Crippen LogP contribution in [0.3, 0.4) is 0 Å². The molecule has 4 aromatic rings. The second kappa shape index (κ2) is 4.28. The highest BCUT2D eigenvalue weighted by atomic mass is 16.1. The summed E-state index contributed by atoms with van der Waals surface area (Å²) in [4.78, 5) is 21.2. The van der Waals surface area contributed by atoms with Crippen molar-refractivity contribution in [3.8, 4) is 11.4 Å². The number of aryl methyl sites for hydroxylation is 1. The summed E-state index contributed by atoms with van der Waals surface area (Å²) >= 11 is 0. The number of aromatic amines is 1. The van der Waals surface area contributed by atoms with Crippen LogP contribution in [0.15, 0.2) is 53.3 Å². The van der Waals surface area contributed by atoms with Gasteiger partial charge >= 0.3 is 0 Å². The van der Waals surface area contributed by atoms with E-state index in [9.17, 15) is 4.79 Å². The number of nitrogens with one attached hydrogen (secondary N) is 1. The van der Waals surface area contributed by atoms with Gasteiger partial charge in [0, 0.05) is 23.2 Å². The number of H-pyrrole nitrogens is 1. The molecule has 5 heteroatoms. The number of aromatic nitrogens is 4. The Morgan fingerprint density at radius 2 is 1.86 bits per heavy atom. The number of hydrogen-bond acceptors (Lipinski definition) is 3. The van der Waals surface area contributed by atoms with E-state index in [-0.39, 0.29) is 5.56 Å². The zero-order valence-electron chi connectivity index (χ0n) is 11.4. The molecule has 3 heterocycles. The second-order valence-electron chi connectivity index (χ2n) is 5.00. The van der Waals surface area contributed by atoms with Gasteiger partial charge < -0.3 is 0 Å². The van der Waals surface area contributed by atoms with Crippen LogP contribution in [0.25, 0.3) is 27.9 Å². The zero-order chi connectivity index (χ0) is 14.4. The van der Waals surface area contributed by atoms with E-state index >= 15 is 0 Å². The highest BCUT2D eigenvalue weighted by molar-refractivity contribution is 5.81. The molecule has 0 atom stereocenters. The summed E-state index contributed by atoms with van der Waals surface area (Å²) in [6, 6.07) is 15.1. The predicted octanol–water partition coefficient (Wildman–Crippen LogP) is 2.55. The van der Waals surface area contributed by atoms with E-state index in [0.717, 1.165) is 16.6 Å². The maximum atomic E-state index is 12.1. The van der Waals surface area contributed by atoms with Crippen molar-refractivity contribution in [1.29, 1.82) is 0 Å². The quantitative estimate of drug-likeness (QED) is 0.581. The van der Waals surface area contributed by atoms with Crippen LogP contribution >= 0.6 is 0 Å². The number of nitrogens with zero attached hydrogens (tertiary/aromatic N) is 3. The summed E-state index contributed by atoms with van der Waals surface area (Å²) in [5.74, 6) is 0. The highest BCUT2D eigenvalue weighted by Gasteiger charge is 2.08. The van der Waals surface area contributed by atoms with Crippen molar-refractivity contribution in [2.24, 2.45) is 0 Å². The fraction of sp³-hybridized carbons (Fsp3) is 0.0625. The summed E-state index contributed by atoms with van der Waals surface area (Å²) in [6.45, 7) is 1.89. The van der Waals surface area contributed by atoms with Crippen LogP contribution in [0.4, 0.5) is 0 Å². The largest absolute Gasteiger partial charge is 0.294 e. The lowest BCUT2D eigenvalue weighted by Crippen LogP contribution is -2.14. The summed E-state index contributed by atoms with van der Waals surface area (Å²) in [6.07, 6.45) is 0. The van der Waals surface area contributed by atoms with E-state index in [1.165, 1.54) is 10.6 Å². The standard InChI is InChI=1S/C16H12N4O/c1-10-8-15-18-14(9-16(21)20(15)19-10)13-7-6-11-4-2-3-5-12(11)17-13/h2-9,19H,1H3. The second-order valence-corrected chi connectivity index (χ2v) is 5.00. The minimum Gasteiger partial charge on any atom is -0.294 e. The van der Waals surface area contributed by atoms with E-state index in [4.69, 9.17) is 0 Å². The third kappa shape index (κ3) is 1.90. The maximum absolute atomic E-state index is 12.1. The van der Waals surface area contributed by atoms with Crippen molar-refractivity contribution in [1.82, 2.24) is 19.6 Å². The van der Waals surface area contributed by atoms with Crippen molar-refractivity contribution in [2.45, 2.75) is 6.92 Å². The molecule has 0 aliphatic carbocycles. The van der Waals surface area contributed by atoms with Crippen LogP contribution in [0.1, 0.15) is 5.69 Å². The molecule has 0 fully saturated rings. The van der Waals surface area contributed by atoms with Crippen molar-refractivity contribution in [3.05, 3.63) is 64.6 Å². The molecule has 1 N–H and O–H groups in total. The highest BCUT2D eigenvalue weighted by Crippen LogP contribution is 2.18. The molecular formula is C16H12N4O. The molecule has 0 aliphatic rings. The Morgan fingerprint density at radius 1 is 1.00 bits per heavy atom. The molecule has 0 bridgehead atoms. The average molecular weight is 276 g/mol. The van der Waals surface area contributed by atoms with Gasteiger partial charge in [0.1, 0.15) is 0 Å². The number of benzene rings is 1. The van der Waals surface area contributed by atoms with Crippen LogP contribution in [-0.2, 0) is 0 Å². The van der Waals surface area contributed by atoms with Crippen LogP contribution < -0.4 is 5.56 Å². The van der Waals surface area contributed by atoms with E-state index in [1.807, 2.05) is 49.4 Å². The lowest BCUT2D eigenvalue weighted by atomic mass is 10.2. The molecule has 3 aromatic heterocycles. The van der Waals surface area contributed by atoms with Crippen molar-refractivity contribution in [2.75, 3.05) is 0 Å². The van der Waals surface area contributed by atoms with Gasteiger partial charge in [-0.1, -0.05) is 24.3 Å². The van der Waals surface area contributed by atoms with E-state index in [0.29, 0.717) is 17.0 Å². The normalized spacial score (nSPS) is 11.3. The number of rotatable bonds is 1. The monoisotopic (exact) mass is 276 g/mol. The first-order valence-corrected chi connectivity index (χ1v) is 6.66. The van der Waals surface area contributed by atoms with Gasteiger partial charge in [0.15, 0.2) is 5.65 Å². The lowest BCUT2D eigenvalue weighted by Gasteiger charge is -2.02. The first-order valence-electron chi connectivity index (χ1n) is 6.66. The number of hydrogen-bond donors (Lipinski definition) is 1. The Balaban J connectivity index is 1.97. The first kappa shape index (κ1) is 11.8. The molecule has 0 amide bonds. The predicted molar refractivity (Wildman–Crippen MR) is 81.3 cm³/mol. The summed E-state index contributed by atoms with van der Waals surface area (Å²) < 4.78 is 1.43. The number of fused-ring (bicyclic) bond motifs is 2. The summed E-state index contributed by atoms with van der Waals surface area (Å²) in [5.41, 5.74) is 3.53. The molecule has 0 radical (unpaired) electrons. The van der Waals surface area contributed by atoms with Gasteiger partial charge in [-0.3, -0.25) is 9.89 Å². The van der Waals surface area contributed by atoms with E-state index in [1.54, 1.807) is 0 Å². The smallest absolute Gasteiger partial charge is 0.273 e. The third-order valence-corrected chi connectivity index (χ3v) is 3.44. The fourth-order valence-electron chi connectivity index (χ4n) is 2.45. The molecule has 0 aliphatic heterocycles. The molecule has 0 spiro atoms. The third-order valence-electron chi connectivity index (χ3n) is 3.44. The van der Waals surface area contributed by atoms with Crippen LogP contribution in [0, 0.1) is 6.92 Å². The SMILES string of the molecule is Cc1cc2nc(-c3ccc4ccccc4n3)cc(=O)n2[nH]1. The molecule has 5 nitrogen and oxygen atoms in total. The fourth-order valence-corrected chi connectivity index (χ4v) is 2.45. The molecular weight excluding hydrogens is 264 g/mol. The topological polar surface area (TPSA) is 63.1 Å². The van der Waals surface area contributed by atoms with E-state index < -0.39 is 0 Å². The van der Waals surface area contributed by atoms with E-state index in [2.05, 4.69) is 15.1 Å². The van der Waals surface area contributed by atoms with Crippen molar-refractivity contribution >= 4 is 16.6 Å². The molecule has 0 unspecified atom stereocenters. The van der Waals surface area contributed by atoms with Gasteiger partial charge in [-0.2, -0.15) is 0 Å². The first-order chi connectivity index (χ1) is 10.2. The van der Waals surface area contributed by atoms with Gasteiger partial charge in [-0.05, 0) is 19.1 Å². The summed E-state index contributed by atoms with van der Waals surface area (Å²) in [5, 5.41) is 4.02. The van der Waals surface area contributed by atoms with Gasteiger partial charge in [-0.25, -0.2) is 14.5 Å². The molecule has 0 saturated carbocycles. The summed E-state index contributed by atoms with van der Waals surface area (Å²) in [7, 11) is 0. The van der Waals surface area contributed by atoms with Gasteiger partial charge in [0.25, 0.3) is 5.56 Å². The molecule has 102 valence electrons. The van der Waals surface area contributed by atoms with Crippen molar-refractivity contribution in [3.63, 3.8) is 0 Å². The minimum absolute atomic E-state index is 0.141. The molecule has 21 heavy (non-hydrogen) atoms. The van der Waals surface area contributed by atoms with Crippen LogP contribution in [0.5, 0.6) is 0 Å². The Morgan fingerprint density at radius 3 is 2.76 bits per heavy atom. The Labute approximate surface area is 119 Å². The van der Waals surface area contributed by atoms with Crippen molar-refractivity contribution < 1.29 is 0 Å². The Bertz CT molecular complexity index is 1030.